The summed E-state index contributed by atoms with van der Waals surface area (Å²) < 4.78 is 44.1. The molecule has 2 fully saturated rings. The third-order valence-electron chi connectivity index (χ3n) is 6.59. The fraction of sp³-hybridized carbons (Fsp3) is 0.524. The van der Waals surface area contributed by atoms with Crippen LogP contribution in [-0.4, -0.2) is 58.3 Å². The van der Waals surface area contributed by atoms with Gasteiger partial charge < -0.3 is 19.8 Å². The molecule has 33 heavy (non-hydrogen) atoms. The first kappa shape index (κ1) is 22.9. The standard InChI is InChI=1S/C21H24F3N5O4/c1-25-18(30)16-9-15(33-27-16)12-29(19(31)32)14-10-20(11-14)3-6-28(7-4-20)17-8-13(2-5-26-17)21(22,23)24/h2,5,8-9,14H,3-4,6-7,10-12H2,1H3,(H,25,30)(H,31,32). The fourth-order valence-corrected chi connectivity index (χ4v) is 4.69. The van der Waals surface area contributed by atoms with Crippen molar-refractivity contribution in [3.05, 3.63) is 41.4 Å². The van der Waals surface area contributed by atoms with E-state index in [1.165, 1.54) is 24.2 Å². The van der Waals surface area contributed by atoms with Crippen molar-refractivity contribution in [2.45, 2.75) is 44.4 Å². The lowest BCUT2D eigenvalue weighted by atomic mass is 9.60. The molecule has 1 aliphatic carbocycles. The summed E-state index contributed by atoms with van der Waals surface area (Å²) in [5, 5.41) is 15.8. The summed E-state index contributed by atoms with van der Waals surface area (Å²) in [6.07, 6.45) is -1.50. The third-order valence-corrected chi connectivity index (χ3v) is 6.59. The van der Waals surface area contributed by atoms with Crippen molar-refractivity contribution in [2.24, 2.45) is 5.41 Å². The van der Waals surface area contributed by atoms with Crippen LogP contribution in [0.3, 0.4) is 0 Å². The highest BCUT2D eigenvalue weighted by Gasteiger charge is 2.49. The van der Waals surface area contributed by atoms with E-state index in [1.807, 2.05) is 4.90 Å². The Labute approximate surface area is 187 Å². The van der Waals surface area contributed by atoms with E-state index in [1.54, 1.807) is 0 Å². The van der Waals surface area contributed by atoms with Crippen LogP contribution < -0.4 is 10.2 Å². The summed E-state index contributed by atoms with van der Waals surface area (Å²) in [7, 11) is 1.46. The maximum atomic E-state index is 13.0. The summed E-state index contributed by atoms with van der Waals surface area (Å²) in [6, 6.07) is 3.24. The second-order valence-electron chi connectivity index (χ2n) is 8.62. The van der Waals surface area contributed by atoms with Gasteiger partial charge in [0.1, 0.15) is 5.82 Å². The molecule has 0 atom stereocenters. The average molecular weight is 467 g/mol. The number of anilines is 1. The summed E-state index contributed by atoms with van der Waals surface area (Å²) in [5.74, 6) is 0.166. The molecule has 2 amide bonds. The summed E-state index contributed by atoms with van der Waals surface area (Å²) >= 11 is 0. The monoisotopic (exact) mass is 467 g/mol. The molecule has 2 aromatic rings. The molecule has 12 heteroatoms. The van der Waals surface area contributed by atoms with E-state index < -0.39 is 23.7 Å². The molecular formula is C21H24F3N5O4. The van der Waals surface area contributed by atoms with E-state index in [0.717, 1.165) is 25.0 Å². The van der Waals surface area contributed by atoms with Gasteiger partial charge in [0.2, 0.25) is 0 Å². The molecule has 0 radical (unpaired) electrons. The quantitative estimate of drug-likeness (QED) is 0.693. The number of hydrogen-bond acceptors (Lipinski definition) is 6. The van der Waals surface area contributed by atoms with Crippen LogP contribution in [0.5, 0.6) is 0 Å². The van der Waals surface area contributed by atoms with Crippen molar-refractivity contribution in [2.75, 3.05) is 25.0 Å². The molecule has 1 aliphatic heterocycles. The first-order valence-electron chi connectivity index (χ1n) is 10.6. The first-order valence-corrected chi connectivity index (χ1v) is 10.6. The Morgan fingerprint density at radius 1 is 1.30 bits per heavy atom. The van der Waals surface area contributed by atoms with Gasteiger partial charge in [0, 0.05) is 38.4 Å². The molecule has 0 unspecified atom stereocenters. The first-order chi connectivity index (χ1) is 15.6. The minimum Gasteiger partial charge on any atom is -0.465 e. The van der Waals surface area contributed by atoms with Gasteiger partial charge in [0.25, 0.3) is 5.91 Å². The predicted octanol–water partition coefficient (Wildman–Crippen LogP) is 3.38. The van der Waals surface area contributed by atoms with Gasteiger partial charge in [-0.05, 0) is 43.2 Å². The minimum atomic E-state index is -4.42. The summed E-state index contributed by atoms with van der Waals surface area (Å²) in [4.78, 5) is 30.7. The number of amides is 2. The van der Waals surface area contributed by atoms with Gasteiger partial charge in [0.05, 0.1) is 12.1 Å². The van der Waals surface area contributed by atoms with Gasteiger partial charge in [0.15, 0.2) is 11.5 Å². The van der Waals surface area contributed by atoms with Crippen molar-refractivity contribution in [1.29, 1.82) is 0 Å². The van der Waals surface area contributed by atoms with Crippen LogP contribution in [0.2, 0.25) is 0 Å². The van der Waals surface area contributed by atoms with Gasteiger partial charge >= 0.3 is 12.3 Å². The van der Waals surface area contributed by atoms with Gasteiger partial charge in [-0.2, -0.15) is 13.2 Å². The van der Waals surface area contributed by atoms with E-state index >= 15 is 0 Å². The largest absolute Gasteiger partial charge is 0.465 e. The lowest BCUT2D eigenvalue weighted by Gasteiger charge is -2.54. The lowest BCUT2D eigenvalue weighted by molar-refractivity contribution is -0.137. The SMILES string of the molecule is CNC(=O)c1cc(CN(C(=O)O)C2CC3(CCN(c4cc(C(F)(F)F)ccn4)CC3)C2)on1. The predicted molar refractivity (Wildman–Crippen MR) is 110 cm³/mol. The van der Waals surface area contributed by atoms with Crippen LogP contribution in [0.25, 0.3) is 0 Å². The number of aromatic nitrogens is 2. The highest BCUT2D eigenvalue weighted by molar-refractivity contribution is 5.91. The van der Waals surface area contributed by atoms with Gasteiger partial charge in [-0.25, -0.2) is 9.78 Å². The van der Waals surface area contributed by atoms with Crippen LogP contribution >= 0.6 is 0 Å². The third kappa shape index (κ3) is 4.74. The molecule has 178 valence electrons. The van der Waals surface area contributed by atoms with Crippen LogP contribution in [0, 0.1) is 5.41 Å². The highest BCUT2D eigenvalue weighted by atomic mass is 19.4. The molecule has 1 saturated carbocycles. The van der Waals surface area contributed by atoms with Gasteiger partial charge in [-0.1, -0.05) is 5.16 Å². The molecule has 1 spiro atoms. The molecule has 4 rings (SSSR count). The normalized spacial score (nSPS) is 18.1. The maximum absolute atomic E-state index is 13.0. The fourth-order valence-electron chi connectivity index (χ4n) is 4.69. The van der Waals surface area contributed by atoms with E-state index in [2.05, 4.69) is 15.5 Å². The number of nitrogens with one attached hydrogen (secondary N) is 1. The molecule has 0 bridgehead atoms. The number of hydrogen-bond donors (Lipinski definition) is 2. The van der Waals surface area contributed by atoms with Crippen LogP contribution in [-0.2, 0) is 12.7 Å². The second kappa shape index (κ2) is 8.56. The topological polar surface area (TPSA) is 112 Å². The van der Waals surface area contributed by atoms with Gasteiger partial charge in [-0.15, -0.1) is 0 Å². The highest BCUT2D eigenvalue weighted by Crippen LogP contribution is 2.51. The number of carboxylic acid groups (broad SMARTS) is 1. The average Bonchev–Trinajstić information content (AvgIpc) is 3.23. The number of rotatable bonds is 5. The molecular weight excluding hydrogens is 443 g/mol. The number of piperidine rings is 1. The number of halogens is 3. The number of carbonyl (C=O) groups excluding carboxylic acids is 1. The second-order valence-corrected chi connectivity index (χ2v) is 8.62. The summed E-state index contributed by atoms with van der Waals surface area (Å²) in [6.45, 7) is 1.11. The van der Waals surface area contributed by atoms with E-state index in [0.29, 0.717) is 31.7 Å². The Bertz CT molecular complexity index is 1020. The smallest absolute Gasteiger partial charge is 0.416 e. The Hall–Kier alpha value is -3.31. The minimum absolute atomic E-state index is 0.0135. The van der Waals surface area contributed by atoms with Crippen molar-refractivity contribution in [3.8, 4) is 0 Å². The van der Waals surface area contributed by atoms with Crippen molar-refractivity contribution >= 4 is 17.8 Å². The van der Waals surface area contributed by atoms with E-state index in [9.17, 15) is 27.9 Å². The van der Waals surface area contributed by atoms with Gasteiger partial charge in [-0.3, -0.25) is 9.69 Å². The van der Waals surface area contributed by atoms with E-state index in [4.69, 9.17) is 4.52 Å². The Morgan fingerprint density at radius 3 is 2.61 bits per heavy atom. The number of pyridine rings is 1. The lowest BCUT2D eigenvalue weighted by Crippen LogP contribution is -2.56. The molecule has 0 aromatic carbocycles. The van der Waals surface area contributed by atoms with Crippen LogP contribution in [0.1, 0.15) is 47.5 Å². The van der Waals surface area contributed by atoms with Crippen molar-refractivity contribution in [3.63, 3.8) is 0 Å². The zero-order valence-electron chi connectivity index (χ0n) is 17.9. The zero-order valence-corrected chi connectivity index (χ0v) is 17.9. The molecule has 9 nitrogen and oxygen atoms in total. The van der Waals surface area contributed by atoms with E-state index in [-0.39, 0.29) is 29.5 Å². The molecule has 2 N–H and O–H groups in total. The number of nitrogens with zero attached hydrogens (tertiary/aromatic N) is 4. The Kier molecular flexibility index (Phi) is 5.93. The Balaban J connectivity index is 1.35. The van der Waals surface area contributed by atoms with Crippen LogP contribution in [0.4, 0.5) is 23.8 Å². The number of carbonyl (C=O) groups is 2. The molecule has 1 saturated heterocycles. The number of alkyl halides is 3. The molecule has 2 aromatic heterocycles. The molecule has 3 heterocycles. The Morgan fingerprint density at radius 2 is 2.00 bits per heavy atom. The maximum Gasteiger partial charge on any atom is 0.416 e. The zero-order chi connectivity index (χ0) is 23.8. The van der Waals surface area contributed by atoms with Crippen molar-refractivity contribution in [1.82, 2.24) is 20.4 Å². The summed E-state index contributed by atoms with van der Waals surface area (Å²) in [5.41, 5.74) is -0.676. The van der Waals surface area contributed by atoms with Crippen LogP contribution in [0.15, 0.2) is 28.9 Å². The molecule has 2 aliphatic rings. The van der Waals surface area contributed by atoms with Crippen molar-refractivity contribution < 1.29 is 32.4 Å².